The number of hydrogen-bond acceptors (Lipinski definition) is 5. The molecular weight excluding hydrogens is 272 g/mol. The monoisotopic (exact) mass is 290 g/mol. The molecule has 102 valence electrons. The Hall–Kier alpha value is -0.950. The molecule has 1 rings (SSSR count). The highest BCUT2D eigenvalue weighted by Gasteiger charge is 2.25. The van der Waals surface area contributed by atoms with Gasteiger partial charge >= 0.3 is 0 Å². The fourth-order valence-corrected chi connectivity index (χ4v) is 3.49. The lowest BCUT2D eigenvalue weighted by Gasteiger charge is -2.15. The number of aryl methyl sites for hydroxylation is 1. The summed E-state index contributed by atoms with van der Waals surface area (Å²) in [6, 6.07) is 0. The topological polar surface area (TPSA) is 76.1 Å². The minimum absolute atomic E-state index is 0.260. The minimum atomic E-state index is -3.62. The number of carbonyl (C=O) groups excluding carboxylic acids is 1. The normalized spacial score (nSPS) is 13.6. The smallest absolute Gasteiger partial charge is 0.267 e. The molecule has 0 bridgehead atoms. The third-order valence-corrected chi connectivity index (χ3v) is 5.00. The summed E-state index contributed by atoms with van der Waals surface area (Å²) in [5.74, 6) is -0.340. The van der Waals surface area contributed by atoms with E-state index in [0.717, 1.165) is 11.5 Å². The van der Waals surface area contributed by atoms with Crippen LogP contribution in [-0.4, -0.2) is 23.9 Å². The summed E-state index contributed by atoms with van der Waals surface area (Å²) in [5.41, 5.74) is 0.865. The first-order valence-corrected chi connectivity index (χ1v) is 8.09. The summed E-state index contributed by atoms with van der Waals surface area (Å²) >= 11 is 1.13. The van der Waals surface area contributed by atoms with E-state index < -0.39 is 21.2 Å². The van der Waals surface area contributed by atoms with Gasteiger partial charge < -0.3 is 0 Å². The minimum Gasteiger partial charge on any atom is -0.268 e. The molecule has 1 N–H and O–H groups in total. The lowest BCUT2D eigenvalue weighted by Crippen LogP contribution is -2.37. The molecule has 0 aliphatic carbocycles. The van der Waals surface area contributed by atoms with Gasteiger partial charge in [0.1, 0.15) is 0 Å². The Kier molecular flexibility index (Phi) is 4.86. The first-order chi connectivity index (χ1) is 8.24. The van der Waals surface area contributed by atoms with Crippen LogP contribution in [0.4, 0.5) is 0 Å². The molecule has 18 heavy (non-hydrogen) atoms. The van der Waals surface area contributed by atoms with Gasteiger partial charge in [0.2, 0.25) is 10.0 Å². The lowest BCUT2D eigenvalue weighted by atomic mass is 10.1. The maximum atomic E-state index is 11.9. The molecule has 0 saturated heterocycles. The molecule has 1 unspecified atom stereocenters. The number of hydrogen-bond donors (Lipinski definition) is 1. The van der Waals surface area contributed by atoms with Crippen molar-refractivity contribution in [1.82, 2.24) is 9.10 Å². The van der Waals surface area contributed by atoms with Gasteiger partial charge in [-0.05, 0) is 37.7 Å². The van der Waals surface area contributed by atoms with Gasteiger partial charge in [0.05, 0.1) is 16.5 Å². The van der Waals surface area contributed by atoms with Gasteiger partial charge in [-0.3, -0.25) is 4.79 Å². The maximum Gasteiger partial charge on any atom is 0.267 e. The quantitative estimate of drug-likeness (QED) is 0.899. The van der Waals surface area contributed by atoms with Crippen LogP contribution in [0.3, 0.4) is 0 Å². The second-order valence-corrected chi connectivity index (χ2v) is 7.46. The zero-order valence-electron chi connectivity index (χ0n) is 10.9. The van der Waals surface area contributed by atoms with Crippen LogP contribution >= 0.6 is 11.5 Å². The van der Waals surface area contributed by atoms with Crippen molar-refractivity contribution >= 4 is 27.5 Å². The van der Waals surface area contributed by atoms with Gasteiger partial charge in [0.25, 0.3) is 5.91 Å². The summed E-state index contributed by atoms with van der Waals surface area (Å²) in [6.45, 7) is 7.17. The zero-order chi connectivity index (χ0) is 13.9. The van der Waals surface area contributed by atoms with Crippen LogP contribution in [0.2, 0.25) is 0 Å². The number of nitrogens with one attached hydrogen (secondary N) is 1. The summed E-state index contributed by atoms with van der Waals surface area (Å²) in [7, 11) is -3.62. The van der Waals surface area contributed by atoms with E-state index in [4.69, 9.17) is 0 Å². The fourth-order valence-electron chi connectivity index (χ4n) is 1.59. The van der Waals surface area contributed by atoms with Crippen molar-refractivity contribution in [1.29, 1.82) is 0 Å². The Morgan fingerprint density at radius 2 is 2.06 bits per heavy atom. The molecule has 1 heterocycles. The van der Waals surface area contributed by atoms with E-state index in [1.165, 1.54) is 0 Å². The van der Waals surface area contributed by atoms with Gasteiger partial charge in [0.15, 0.2) is 0 Å². The third-order valence-electron chi connectivity index (χ3n) is 2.56. The number of nitrogens with zero attached hydrogens (tertiary/aromatic N) is 1. The Balaban J connectivity index is 2.78. The molecule has 1 aromatic rings. The average molecular weight is 290 g/mol. The molecule has 0 aliphatic rings. The van der Waals surface area contributed by atoms with Gasteiger partial charge in [-0.15, -0.1) is 0 Å². The Bertz CT molecular complexity index is 520. The molecule has 0 fully saturated rings. The van der Waals surface area contributed by atoms with E-state index in [0.29, 0.717) is 17.7 Å². The molecule has 0 aromatic carbocycles. The number of rotatable bonds is 5. The van der Waals surface area contributed by atoms with Crippen LogP contribution in [-0.2, 0) is 10.0 Å². The molecule has 1 atom stereocenters. The van der Waals surface area contributed by atoms with E-state index in [9.17, 15) is 13.2 Å². The second-order valence-electron chi connectivity index (χ2n) is 4.73. The highest BCUT2D eigenvalue weighted by Crippen LogP contribution is 2.13. The fraction of sp³-hybridized carbons (Fsp3) is 0.636. The molecule has 5 nitrogen and oxygen atoms in total. The molecule has 1 aromatic heterocycles. The number of sulfonamides is 1. The Labute approximate surface area is 112 Å². The third kappa shape index (κ3) is 3.78. The summed E-state index contributed by atoms with van der Waals surface area (Å²) in [4.78, 5) is 11.8. The largest absolute Gasteiger partial charge is 0.268 e. The number of amides is 1. The van der Waals surface area contributed by atoms with E-state index in [1.54, 1.807) is 19.2 Å². The van der Waals surface area contributed by atoms with E-state index in [1.807, 2.05) is 13.8 Å². The molecule has 0 spiro atoms. The molecule has 1 amide bonds. The van der Waals surface area contributed by atoms with Gasteiger partial charge in [-0.25, -0.2) is 13.1 Å². The van der Waals surface area contributed by atoms with Crippen LogP contribution in [0.5, 0.6) is 0 Å². The van der Waals surface area contributed by atoms with Crippen LogP contribution in [0.25, 0.3) is 0 Å². The molecule has 0 saturated carbocycles. The zero-order valence-corrected chi connectivity index (χ0v) is 12.6. The molecule has 0 aliphatic heterocycles. The van der Waals surface area contributed by atoms with Crippen molar-refractivity contribution < 1.29 is 13.2 Å². The second kappa shape index (κ2) is 5.79. The average Bonchev–Trinajstić information content (AvgIpc) is 2.62. The standard InChI is InChI=1S/C11H18N2O3S2/c1-7(2)5-8(3)18(15,16)13-11(14)10-6-17-12-9(10)4/h6-8H,5H2,1-4H3,(H,13,14). The summed E-state index contributed by atoms with van der Waals surface area (Å²) < 4.78 is 29.9. The van der Waals surface area contributed by atoms with Crippen LogP contribution < -0.4 is 4.72 Å². The highest BCUT2D eigenvalue weighted by atomic mass is 32.2. The first kappa shape index (κ1) is 15.1. The van der Waals surface area contributed by atoms with Crippen molar-refractivity contribution in [3.8, 4) is 0 Å². The van der Waals surface area contributed by atoms with Crippen molar-refractivity contribution in [3.63, 3.8) is 0 Å². The van der Waals surface area contributed by atoms with E-state index in [2.05, 4.69) is 9.10 Å². The van der Waals surface area contributed by atoms with Crippen molar-refractivity contribution in [2.75, 3.05) is 0 Å². The number of aromatic nitrogens is 1. The Morgan fingerprint density at radius 1 is 1.44 bits per heavy atom. The predicted octanol–water partition coefficient (Wildman–Crippen LogP) is 1.95. The van der Waals surface area contributed by atoms with Gasteiger partial charge in [-0.2, -0.15) is 4.37 Å². The SMILES string of the molecule is Cc1nscc1C(=O)NS(=O)(=O)C(C)CC(C)C. The summed E-state index contributed by atoms with van der Waals surface area (Å²) in [6.07, 6.45) is 0.517. The van der Waals surface area contributed by atoms with E-state index in [-0.39, 0.29) is 5.92 Å². The summed E-state index contributed by atoms with van der Waals surface area (Å²) in [5, 5.41) is 0.959. The van der Waals surface area contributed by atoms with Gasteiger partial charge in [0, 0.05) is 5.38 Å². The Morgan fingerprint density at radius 3 is 2.50 bits per heavy atom. The van der Waals surface area contributed by atoms with Crippen LogP contribution in [0.1, 0.15) is 43.2 Å². The first-order valence-electron chi connectivity index (χ1n) is 5.71. The predicted molar refractivity (Wildman–Crippen MR) is 72.2 cm³/mol. The van der Waals surface area contributed by atoms with Crippen LogP contribution in [0.15, 0.2) is 5.38 Å². The van der Waals surface area contributed by atoms with Crippen molar-refractivity contribution in [2.45, 2.75) is 39.4 Å². The van der Waals surface area contributed by atoms with Gasteiger partial charge in [-0.1, -0.05) is 13.8 Å². The molecular formula is C11H18N2O3S2. The van der Waals surface area contributed by atoms with Crippen molar-refractivity contribution in [3.05, 3.63) is 16.6 Å². The maximum absolute atomic E-state index is 11.9. The highest BCUT2D eigenvalue weighted by molar-refractivity contribution is 7.90. The molecule has 0 radical (unpaired) electrons. The van der Waals surface area contributed by atoms with Crippen LogP contribution in [0, 0.1) is 12.8 Å². The molecule has 7 heteroatoms. The lowest BCUT2D eigenvalue weighted by molar-refractivity contribution is 0.0980. The van der Waals surface area contributed by atoms with E-state index >= 15 is 0 Å². The van der Waals surface area contributed by atoms with Crippen molar-refractivity contribution in [2.24, 2.45) is 5.92 Å². The number of carbonyl (C=O) groups is 1.